The number of nitrogens with one attached hydrogen (secondary N) is 1. The van der Waals surface area contributed by atoms with Gasteiger partial charge < -0.3 is 15.6 Å². The summed E-state index contributed by atoms with van der Waals surface area (Å²) in [4.78, 5) is 10.2. The largest absolute Gasteiger partial charge is 0.399 e. The van der Waals surface area contributed by atoms with Crippen molar-refractivity contribution in [3.8, 4) is 0 Å². The molecule has 3 rings (SSSR count). The number of aromatic amines is 1. The molecule has 0 saturated heterocycles. The number of nitrogen functional groups attached to an aromatic ring is 1. The van der Waals surface area contributed by atoms with E-state index in [1.807, 2.05) is 18.2 Å². The van der Waals surface area contributed by atoms with Crippen molar-refractivity contribution < 1.29 is 0 Å². The molecule has 0 fully saturated rings. The van der Waals surface area contributed by atoms with Crippen molar-refractivity contribution in [2.45, 2.75) is 13.0 Å². The van der Waals surface area contributed by atoms with Crippen LogP contribution in [0.3, 0.4) is 0 Å². The number of hydrogen-bond acceptors (Lipinski definition) is 4. The molecule has 4 nitrogen and oxygen atoms in total. The molecule has 0 aliphatic heterocycles. The highest BCUT2D eigenvalue weighted by Crippen LogP contribution is 2.21. The number of nitrogens with two attached hydrogens (primary N) is 1. The highest BCUT2D eigenvalue weighted by Gasteiger charge is 2.06. The van der Waals surface area contributed by atoms with E-state index in [0.29, 0.717) is 0 Å². The first-order valence-corrected chi connectivity index (χ1v) is 8.43. The van der Waals surface area contributed by atoms with Gasteiger partial charge in [0, 0.05) is 25.2 Å². The summed E-state index contributed by atoms with van der Waals surface area (Å²) in [5.74, 6) is 1.01. The molecule has 0 saturated carbocycles. The van der Waals surface area contributed by atoms with Crippen LogP contribution in [-0.4, -0.2) is 28.5 Å². The van der Waals surface area contributed by atoms with Crippen molar-refractivity contribution >= 4 is 44.0 Å². The summed E-state index contributed by atoms with van der Waals surface area (Å²) in [6.45, 7) is 1.91. The average molecular weight is 365 g/mol. The molecule has 110 valence electrons. The number of H-pyrrole nitrogens is 1. The first kappa shape index (κ1) is 14.6. The van der Waals surface area contributed by atoms with E-state index in [9.17, 15) is 0 Å². The van der Waals surface area contributed by atoms with Crippen LogP contribution in [0.4, 0.5) is 5.69 Å². The van der Waals surface area contributed by atoms with Gasteiger partial charge in [-0.25, -0.2) is 4.98 Å². The predicted molar refractivity (Wildman–Crippen MR) is 92.6 cm³/mol. The molecule has 0 radical (unpaired) electrons. The Hall–Kier alpha value is -1.37. The molecule has 0 spiro atoms. The van der Waals surface area contributed by atoms with Crippen molar-refractivity contribution in [1.82, 2.24) is 14.9 Å². The van der Waals surface area contributed by atoms with Gasteiger partial charge in [0.2, 0.25) is 0 Å². The maximum Gasteiger partial charge on any atom is 0.108 e. The molecule has 1 aromatic carbocycles. The number of fused-ring (bicyclic) bond motifs is 1. The Balaban J connectivity index is 1.60. The third-order valence-electron chi connectivity index (χ3n) is 3.36. The first-order valence-electron chi connectivity index (χ1n) is 6.76. The fraction of sp³-hybridized carbons (Fsp3) is 0.267. The fourth-order valence-electron chi connectivity index (χ4n) is 2.31. The van der Waals surface area contributed by atoms with Crippen LogP contribution >= 0.6 is 27.3 Å². The standard InChI is InChI=1S/C15H17BrN4S/c1-20(8-10-6-14(16)21-9-10)5-4-15-18-12-3-2-11(17)7-13(12)19-15/h2-3,6-7,9H,4-5,8,17H2,1H3,(H,18,19). The quantitative estimate of drug-likeness (QED) is 0.679. The van der Waals surface area contributed by atoms with Gasteiger partial charge in [-0.15, -0.1) is 11.3 Å². The highest BCUT2D eigenvalue weighted by molar-refractivity contribution is 9.11. The molecule has 0 atom stereocenters. The highest BCUT2D eigenvalue weighted by atomic mass is 79.9. The number of aromatic nitrogens is 2. The predicted octanol–water partition coefficient (Wildman–Crippen LogP) is 3.64. The molecule has 2 heterocycles. The van der Waals surface area contributed by atoms with Crippen LogP contribution in [0.2, 0.25) is 0 Å². The minimum absolute atomic E-state index is 0.762. The van der Waals surface area contributed by atoms with E-state index < -0.39 is 0 Å². The molecule has 0 aliphatic carbocycles. The number of thiophene rings is 1. The SMILES string of the molecule is CN(CCc1nc2ccc(N)cc2[nH]1)Cc1csc(Br)c1. The summed E-state index contributed by atoms with van der Waals surface area (Å²) in [6, 6.07) is 7.94. The number of halogens is 1. The monoisotopic (exact) mass is 364 g/mol. The Kier molecular flexibility index (Phi) is 4.28. The number of hydrogen-bond donors (Lipinski definition) is 2. The zero-order chi connectivity index (χ0) is 14.8. The number of benzene rings is 1. The second-order valence-corrected chi connectivity index (χ2v) is 7.50. The van der Waals surface area contributed by atoms with Crippen LogP contribution in [0.5, 0.6) is 0 Å². The van der Waals surface area contributed by atoms with Gasteiger partial charge in [0.25, 0.3) is 0 Å². The van der Waals surface area contributed by atoms with Gasteiger partial charge in [0.1, 0.15) is 5.82 Å². The number of anilines is 1. The molecule has 0 amide bonds. The third-order valence-corrected chi connectivity index (χ3v) is 4.91. The van der Waals surface area contributed by atoms with Crippen LogP contribution < -0.4 is 5.73 Å². The van der Waals surface area contributed by atoms with Gasteiger partial charge in [0.05, 0.1) is 14.8 Å². The van der Waals surface area contributed by atoms with Gasteiger partial charge in [-0.1, -0.05) is 0 Å². The summed E-state index contributed by atoms with van der Waals surface area (Å²) in [6.07, 6.45) is 0.899. The summed E-state index contributed by atoms with van der Waals surface area (Å²) in [7, 11) is 2.13. The summed E-state index contributed by atoms with van der Waals surface area (Å²) < 4.78 is 1.18. The van der Waals surface area contributed by atoms with Crippen molar-refractivity contribution in [2.75, 3.05) is 19.3 Å². The summed E-state index contributed by atoms with van der Waals surface area (Å²) in [5.41, 5.74) is 9.87. The lowest BCUT2D eigenvalue weighted by molar-refractivity contribution is 0.329. The van der Waals surface area contributed by atoms with Crippen molar-refractivity contribution in [1.29, 1.82) is 0 Å². The minimum Gasteiger partial charge on any atom is -0.399 e. The van der Waals surface area contributed by atoms with Crippen LogP contribution in [0.1, 0.15) is 11.4 Å². The molecular formula is C15H17BrN4S. The molecule has 3 N–H and O–H groups in total. The van der Waals surface area contributed by atoms with E-state index in [1.54, 1.807) is 11.3 Å². The summed E-state index contributed by atoms with van der Waals surface area (Å²) >= 11 is 5.22. The van der Waals surface area contributed by atoms with E-state index in [4.69, 9.17) is 5.73 Å². The van der Waals surface area contributed by atoms with E-state index in [2.05, 4.69) is 49.3 Å². The Morgan fingerprint density at radius 3 is 3.00 bits per heavy atom. The van der Waals surface area contributed by atoms with Gasteiger partial charge in [0.15, 0.2) is 0 Å². The number of imidazole rings is 1. The Morgan fingerprint density at radius 2 is 2.24 bits per heavy atom. The fourth-order valence-corrected chi connectivity index (χ4v) is 3.52. The Bertz CT molecular complexity index is 749. The Labute approximate surface area is 136 Å². The molecule has 3 aromatic rings. The lowest BCUT2D eigenvalue weighted by Crippen LogP contribution is -2.20. The van der Waals surface area contributed by atoms with E-state index in [1.165, 1.54) is 9.35 Å². The molecule has 6 heteroatoms. The maximum atomic E-state index is 5.78. The molecule has 0 aliphatic rings. The van der Waals surface area contributed by atoms with Crippen molar-refractivity contribution in [2.24, 2.45) is 0 Å². The molecule has 2 aromatic heterocycles. The van der Waals surface area contributed by atoms with Crippen molar-refractivity contribution in [3.05, 3.63) is 44.8 Å². The first-order chi connectivity index (χ1) is 10.1. The van der Waals surface area contributed by atoms with Crippen LogP contribution in [-0.2, 0) is 13.0 Å². The zero-order valence-electron chi connectivity index (χ0n) is 11.8. The second-order valence-electron chi connectivity index (χ2n) is 5.21. The lowest BCUT2D eigenvalue weighted by Gasteiger charge is -2.14. The minimum atomic E-state index is 0.762. The van der Waals surface area contributed by atoms with Crippen LogP contribution in [0, 0.1) is 0 Å². The number of rotatable bonds is 5. The summed E-state index contributed by atoms with van der Waals surface area (Å²) in [5, 5.41) is 2.19. The lowest BCUT2D eigenvalue weighted by atomic mass is 10.3. The molecule has 0 bridgehead atoms. The normalized spacial score (nSPS) is 11.6. The number of likely N-dealkylation sites (N-methyl/N-ethyl adjacent to an activating group) is 1. The average Bonchev–Trinajstić information content (AvgIpc) is 3.02. The van der Waals surface area contributed by atoms with E-state index in [0.717, 1.165) is 42.1 Å². The molecular weight excluding hydrogens is 348 g/mol. The van der Waals surface area contributed by atoms with Gasteiger partial charge in [-0.05, 0) is 58.2 Å². The van der Waals surface area contributed by atoms with Crippen molar-refractivity contribution in [3.63, 3.8) is 0 Å². The zero-order valence-corrected chi connectivity index (χ0v) is 14.2. The van der Waals surface area contributed by atoms with Gasteiger partial charge in [-0.3, -0.25) is 0 Å². The van der Waals surface area contributed by atoms with Gasteiger partial charge >= 0.3 is 0 Å². The smallest absolute Gasteiger partial charge is 0.108 e. The van der Waals surface area contributed by atoms with E-state index >= 15 is 0 Å². The third kappa shape index (κ3) is 3.64. The van der Waals surface area contributed by atoms with Crippen LogP contribution in [0.25, 0.3) is 11.0 Å². The topological polar surface area (TPSA) is 57.9 Å². The Morgan fingerprint density at radius 1 is 1.38 bits per heavy atom. The second kappa shape index (κ2) is 6.17. The molecule has 21 heavy (non-hydrogen) atoms. The van der Waals surface area contributed by atoms with E-state index in [-0.39, 0.29) is 0 Å². The maximum absolute atomic E-state index is 5.78. The molecule has 0 unspecified atom stereocenters. The van der Waals surface area contributed by atoms with Gasteiger partial charge in [-0.2, -0.15) is 0 Å². The number of nitrogens with zero attached hydrogens (tertiary/aromatic N) is 2. The van der Waals surface area contributed by atoms with Crippen LogP contribution in [0.15, 0.2) is 33.4 Å².